The van der Waals surface area contributed by atoms with E-state index in [0.717, 1.165) is 43.8 Å². The molecule has 3 aliphatic rings. The molecular formula is C13H22NO. The van der Waals surface area contributed by atoms with E-state index in [4.69, 9.17) is 0 Å². The van der Waals surface area contributed by atoms with E-state index in [1.165, 1.54) is 32.1 Å². The highest BCUT2D eigenvalue weighted by molar-refractivity contribution is 4.94. The third-order valence-electron chi connectivity index (χ3n) is 4.96. The fourth-order valence-corrected chi connectivity index (χ4v) is 3.47. The molecule has 1 radical (unpaired) electrons. The fourth-order valence-electron chi connectivity index (χ4n) is 3.47. The van der Waals surface area contributed by atoms with Gasteiger partial charge in [-0.3, -0.25) is 0 Å². The van der Waals surface area contributed by atoms with Gasteiger partial charge in [0.2, 0.25) is 0 Å². The van der Waals surface area contributed by atoms with Crippen molar-refractivity contribution < 1.29 is 5.11 Å². The van der Waals surface area contributed by atoms with Crippen LogP contribution in [0.2, 0.25) is 0 Å². The Bertz CT molecular complexity index is 213. The lowest BCUT2D eigenvalue weighted by atomic mass is 9.64. The molecule has 2 nitrogen and oxygen atoms in total. The van der Waals surface area contributed by atoms with Crippen LogP contribution >= 0.6 is 0 Å². The molecule has 0 atom stereocenters. The van der Waals surface area contributed by atoms with E-state index in [1.54, 1.807) is 0 Å². The van der Waals surface area contributed by atoms with Crippen LogP contribution in [-0.4, -0.2) is 30.1 Å². The highest BCUT2D eigenvalue weighted by Crippen LogP contribution is 2.45. The van der Waals surface area contributed by atoms with Crippen LogP contribution in [0.15, 0.2) is 0 Å². The highest BCUT2D eigenvalue weighted by Gasteiger charge is 2.40. The van der Waals surface area contributed by atoms with Crippen molar-refractivity contribution in [1.29, 1.82) is 0 Å². The van der Waals surface area contributed by atoms with Gasteiger partial charge in [0.05, 0.1) is 6.10 Å². The summed E-state index contributed by atoms with van der Waals surface area (Å²) in [5.74, 6) is 2.13. The molecule has 2 heteroatoms. The lowest BCUT2D eigenvalue weighted by Crippen LogP contribution is -2.50. The molecule has 0 unspecified atom stereocenters. The molecule has 3 fully saturated rings. The maximum absolute atomic E-state index is 11.2. The first kappa shape index (κ1) is 10.1. The van der Waals surface area contributed by atoms with E-state index in [0.29, 0.717) is 0 Å². The molecule has 0 aromatic rings. The smallest absolute Gasteiger partial charge is 0.0954 e. The zero-order valence-corrected chi connectivity index (χ0v) is 9.53. The van der Waals surface area contributed by atoms with Gasteiger partial charge in [0.15, 0.2) is 0 Å². The Morgan fingerprint density at radius 2 is 1.53 bits per heavy atom. The van der Waals surface area contributed by atoms with Crippen molar-refractivity contribution in [2.24, 2.45) is 11.8 Å². The van der Waals surface area contributed by atoms with E-state index in [9.17, 15) is 5.11 Å². The van der Waals surface area contributed by atoms with Crippen molar-refractivity contribution >= 4 is 0 Å². The summed E-state index contributed by atoms with van der Waals surface area (Å²) in [6, 6.07) is 0.850. The van der Waals surface area contributed by atoms with Gasteiger partial charge < -0.3 is 4.90 Å². The number of rotatable bonds is 2. The van der Waals surface area contributed by atoms with Gasteiger partial charge in [0.25, 0.3) is 0 Å². The molecule has 0 aromatic heterocycles. The molecule has 0 spiro atoms. The van der Waals surface area contributed by atoms with E-state index in [2.05, 4.69) is 4.90 Å². The molecule has 0 aromatic carbocycles. The average molecular weight is 208 g/mol. The van der Waals surface area contributed by atoms with Gasteiger partial charge in [-0.05, 0) is 37.5 Å². The van der Waals surface area contributed by atoms with Gasteiger partial charge in [-0.25, -0.2) is 5.11 Å². The quantitative estimate of drug-likeness (QED) is 0.683. The van der Waals surface area contributed by atoms with E-state index < -0.39 is 0 Å². The molecule has 1 saturated heterocycles. The van der Waals surface area contributed by atoms with Gasteiger partial charge in [-0.2, -0.15) is 0 Å². The Labute approximate surface area is 92.7 Å². The van der Waals surface area contributed by atoms with Crippen LogP contribution in [0.1, 0.15) is 44.9 Å². The van der Waals surface area contributed by atoms with Crippen LogP contribution in [0.4, 0.5) is 0 Å². The minimum Gasteiger partial charge on any atom is -0.300 e. The minimum atomic E-state index is -0.260. The maximum atomic E-state index is 11.2. The highest BCUT2D eigenvalue weighted by atomic mass is 16.3. The molecular weight excluding hydrogens is 186 g/mol. The van der Waals surface area contributed by atoms with Crippen molar-refractivity contribution in [2.45, 2.75) is 57.1 Å². The van der Waals surface area contributed by atoms with Crippen LogP contribution in [0, 0.1) is 11.8 Å². The molecule has 2 saturated carbocycles. The van der Waals surface area contributed by atoms with Crippen molar-refractivity contribution in [1.82, 2.24) is 4.90 Å². The number of likely N-dealkylation sites (tertiary alicyclic amines) is 1. The van der Waals surface area contributed by atoms with Crippen molar-refractivity contribution in [3.05, 3.63) is 0 Å². The molecule has 1 heterocycles. The number of hydrogen-bond acceptors (Lipinski definition) is 1. The molecule has 15 heavy (non-hydrogen) atoms. The van der Waals surface area contributed by atoms with E-state index in [-0.39, 0.29) is 6.10 Å². The first-order valence-corrected chi connectivity index (χ1v) is 6.73. The van der Waals surface area contributed by atoms with Crippen molar-refractivity contribution in [2.75, 3.05) is 13.1 Å². The fraction of sp³-hybridized carbons (Fsp3) is 1.00. The Morgan fingerprint density at radius 1 is 0.867 bits per heavy atom. The topological polar surface area (TPSA) is 23.1 Å². The van der Waals surface area contributed by atoms with Crippen LogP contribution in [-0.2, 0) is 5.11 Å². The van der Waals surface area contributed by atoms with Crippen molar-refractivity contribution in [3.8, 4) is 0 Å². The van der Waals surface area contributed by atoms with Crippen LogP contribution in [0.25, 0.3) is 0 Å². The molecule has 2 aliphatic carbocycles. The summed E-state index contributed by atoms with van der Waals surface area (Å²) < 4.78 is 0. The zero-order valence-electron chi connectivity index (χ0n) is 9.53. The van der Waals surface area contributed by atoms with Crippen LogP contribution < -0.4 is 0 Å². The molecule has 3 rings (SSSR count). The molecule has 0 N–H and O–H groups in total. The SMILES string of the molecule is [O]C1CCN(C2CC(C3CCC3)C2)CC1. The second kappa shape index (κ2) is 4.06. The second-order valence-corrected chi connectivity index (χ2v) is 5.81. The normalized spacial score (nSPS) is 39.8. The van der Waals surface area contributed by atoms with E-state index in [1.807, 2.05) is 0 Å². The summed E-state index contributed by atoms with van der Waals surface area (Å²) in [5, 5.41) is 11.2. The Balaban J connectivity index is 1.42. The van der Waals surface area contributed by atoms with Gasteiger partial charge in [-0.15, -0.1) is 0 Å². The summed E-state index contributed by atoms with van der Waals surface area (Å²) in [6.45, 7) is 2.16. The first-order chi connectivity index (χ1) is 7.33. The summed E-state index contributed by atoms with van der Waals surface area (Å²) in [6.07, 6.45) is 8.88. The third-order valence-corrected chi connectivity index (χ3v) is 4.96. The monoisotopic (exact) mass is 208 g/mol. The van der Waals surface area contributed by atoms with Gasteiger partial charge in [0.1, 0.15) is 0 Å². The molecule has 0 amide bonds. The lowest BCUT2D eigenvalue weighted by Gasteiger charge is -2.49. The zero-order chi connectivity index (χ0) is 10.3. The van der Waals surface area contributed by atoms with Crippen LogP contribution in [0.3, 0.4) is 0 Å². The molecule has 0 bridgehead atoms. The summed E-state index contributed by atoms with van der Waals surface area (Å²) >= 11 is 0. The number of piperidine rings is 1. The average Bonchev–Trinajstić information content (AvgIpc) is 2.09. The third kappa shape index (κ3) is 1.94. The number of nitrogens with zero attached hydrogens (tertiary/aromatic N) is 1. The Morgan fingerprint density at radius 3 is 2.07 bits per heavy atom. The largest absolute Gasteiger partial charge is 0.300 e. The van der Waals surface area contributed by atoms with E-state index >= 15 is 0 Å². The predicted octanol–water partition coefficient (Wildman–Crippen LogP) is 2.46. The molecule has 85 valence electrons. The number of hydrogen-bond donors (Lipinski definition) is 0. The van der Waals surface area contributed by atoms with Crippen LogP contribution in [0.5, 0.6) is 0 Å². The standard InChI is InChI=1S/C13H22NO/c15-13-4-6-14(7-5-13)12-8-11(9-12)10-2-1-3-10/h10-13H,1-9H2. The summed E-state index contributed by atoms with van der Waals surface area (Å²) in [5.41, 5.74) is 0. The molecule has 1 aliphatic heterocycles. The predicted molar refractivity (Wildman–Crippen MR) is 59.1 cm³/mol. The minimum absolute atomic E-state index is 0.260. The summed E-state index contributed by atoms with van der Waals surface area (Å²) in [7, 11) is 0. The van der Waals surface area contributed by atoms with Gasteiger partial charge >= 0.3 is 0 Å². The Kier molecular flexibility index (Phi) is 2.73. The van der Waals surface area contributed by atoms with Crippen molar-refractivity contribution in [3.63, 3.8) is 0 Å². The summed E-state index contributed by atoms with van der Waals surface area (Å²) in [4.78, 5) is 2.59. The second-order valence-electron chi connectivity index (χ2n) is 5.81. The first-order valence-electron chi connectivity index (χ1n) is 6.73. The maximum Gasteiger partial charge on any atom is 0.0954 e. The lowest BCUT2D eigenvalue weighted by molar-refractivity contribution is -0.0269. The van der Waals surface area contributed by atoms with Gasteiger partial charge in [0, 0.05) is 19.1 Å². The van der Waals surface area contributed by atoms with Gasteiger partial charge in [-0.1, -0.05) is 19.3 Å². The Hall–Kier alpha value is -0.0800.